The first kappa shape index (κ1) is 22.0. The van der Waals surface area contributed by atoms with Gasteiger partial charge in [0.2, 0.25) is 5.91 Å². The molecule has 3 amide bonds. The molecule has 2 aliphatic rings. The maximum atomic E-state index is 13.0. The molecule has 32 heavy (non-hydrogen) atoms. The highest BCUT2D eigenvalue weighted by molar-refractivity contribution is 5.91. The topological polar surface area (TPSA) is 88.9 Å². The van der Waals surface area contributed by atoms with E-state index in [4.69, 9.17) is 9.47 Å². The van der Waals surface area contributed by atoms with Gasteiger partial charge in [0.25, 0.3) is 0 Å². The number of aromatic nitrogens is 2. The van der Waals surface area contributed by atoms with Gasteiger partial charge < -0.3 is 24.6 Å². The van der Waals surface area contributed by atoms with E-state index in [1.807, 2.05) is 16.6 Å². The molecule has 2 aromatic rings. The molecule has 172 valence electrons. The normalized spacial score (nSPS) is 15.5. The number of hydrogen-bond acceptors (Lipinski definition) is 5. The van der Waals surface area contributed by atoms with Gasteiger partial charge in [-0.3, -0.25) is 9.48 Å². The molecule has 1 fully saturated rings. The van der Waals surface area contributed by atoms with Crippen LogP contribution in [0.4, 0.5) is 10.5 Å². The van der Waals surface area contributed by atoms with Crippen LogP contribution in [0.1, 0.15) is 36.2 Å². The number of likely N-dealkylation sites (tertiary alicyclic amines) is 1. The zero-order valence-corrected chi connectivity index (χ0v) is 19.0. The number of benzene rings is 1. The highest BCUT2D eigenvalue weighted by Crippen LogP contribution is 2.30. The summed E-state index contributed by atoms with van der Waals surface area (Å²) in [6.45, 7) is 2.78. The zero-order valence-electron chi connectivity index (χ0n) is 19.0. The highest BCUT2D eigenvalue weighted by atomic mass is 16.5. The first-order valence-electron chi connectivity index (χ1n) is 11.1. The van der Waals surface area contributed by atoms with Crippen molar-refractivity contribution in [3.05, 3.63) is 35.2 Å². The van der Waals surface area contributed by atoms with Crippen LogP contribution in [0.5, 0.6) is 11.5 Å². The van der Waals surface area contributed by atoms with Gasteiger partial charge in [-0.2, -0.15) is 5.10 Å². The van der Waals surface area contributed by atoms with Gasteiger partial charge in [0.15, 0.2) is 0 Å². The van der Waals surface area contributed by atoms with Crippen LogP contribution in [-0.4, -0.2) is 65.4 Å². The molecule has 3 heterocycles. The SMILES string of the molecule is COc1ccc(OC)c(NC(=O)N2CCc3c(c(CCC(=O)N4CCCC4)nn3C)C2)c1. The summed E-state index contributed by atoms with van der Waals surface area (Å²) in [4.78, 5) is 29.2. The van der Waals surface area contributed by atoms with E-state index in [2.05, 4.69) is 10.4 Å². The molecule has 1 N–H and O–H groups in total. The summed E-state index contributed by atoms with van der Waals surface area (Å²) in [6.07, 6.45) is 3.95. The van der Waals surface area contributed by atoms with Gasteiger partial charge in [-0.1, -0.05) is 0 Å². The Morgan fingerprint density at radius 3 is 2.59 bits per heavy atom. The third-order valence-corrected chi connectivity index (χ3v) is 6.30. The molecule has 4 rings (SSSR count). The predicted octanol–water partition coefficient (Wildman–Crippen LogP) is 2.58. The first-order chi connectivity index (χ1) is 15.5. The fourth-order valence-electron chi connectivity index (χ4n) is 4.50. The van der Waals surface area contributed by atoms with Crippen LogP contribution in [0.2, 0.25) is 0 Å². The Kier molecular flexibility index (Phi) is 6.53. The van der Waals surface area contributed by atoms with Crippen molar-refractivity contribution in [2.45, 2.75) is 38.6 Å². The fraction of sp³-hybridized carbons (Fsp3) is 0.522. The van der Waals surface area contributed by atoms with E-state index in [1.54, 1.807) is 37.3 Å². The number of anilines is 1. The van der Waals surface area contributed by atoms with Crippen molar-refractivity contribution in [3.63, 3.8) is 0 Å². The molecule has 0 saturated carbocycles. The highest BCUT2D eigenvalue weighted by Gasteiger charge is 2.28. The molecule has 0 aliphatic carbocycles. The number of rotatable bonds is 6. The Balaban J connectivity index is 1.44. The summed E-state index contributed by atoms with van der Waals surface area (Å²) in [7, 11) is 5.08. The van der Waals surface area contributed by atoms with Crippen LogP contribution in [0.15, 0.2) is 18.2 Å². The number of methoxy groups -OCH3 is 2. The second kappa shape index (κ2) is 9.50. The lowest BCUT2D eigenvalue weighted by Crippen LogP contribution is -2.39. The minimum absolute atomic E-state index is 0.192. The van der Waals surface area contributed by atoms with E-state index in [9.17, 15) is 9.59 Å². The molecular weight excluding hydrogens is 410 g/mol. The van der Waals surface area contributed by atoms with Crippen LogP contribution in [0, 0.1) is 0 Å². The second-order valence-electron chi connectivity index (χ2n) is 8.25. The largest absolute Gasteiger partial charge is 0.497 e. The van der Waals surface area contributed by atoms with Crippen molar-refractivity contribution in [1.29, 1.82) is 0 Å². The zero-order chi connectivity index (χ0) is 22.7. The predicted molar refractivity (Wildman–Crippen MR) is 120 cm³/mol. The lowest BCUT2D eigenvalue weighted by atomic mass is 10.0. The molecule has 1 aromatic carbocycles. The lowest BCUT2D eigenvalue weighted by molar-refractivity contribution is -0.130. The second-order valence-corrected chi connectivity index (χ2v) is 8.25. The number of carbonyl (C=O) groups excluding carboxylic acids is 2. The van der Waals surface area contributed by atoms with Crippen LogP contribution in [0.3, 0.4) is 0 Å². The monoisotopic (exact) mass is 441 g/mol. The minimum atomic E-state index is -0.204. The summed E-state index contributed by atoms with van der Waals surface area (Å²) in [5.74, 6) is 1.40. The van der Waals surface area contributed by atoms with E-state index in [1.165, 1.54) is 0 Å². The number of carbonyl (C=O) groups is 2. The molecule has 0 unspecified atom stereocenters. The number of nitrogens with one attached hydrogen (secondary N) is 1. The summed E-state index contributed by atoms with van der Waals surface area (Å²) in [5.41, 5.74) is 3.66. The Labute approximate surface area is 188 Å². The van der Waals surface area contributed by atoms with E-state index in [-0.39, 0.29) is 11.9 Å². The Morgan fingerprint density at radius 1 is 1.09 bits per heavy atom. The van der Waals surface area contributed by atoms with Crippen LogP contribution < -0.4 is 14.8 Å². The number of nitrogens with zero attached hydrogens (tertiary/aromatic N) is 4. The molecule has 0 atom stereocenters. The van der Waals surface area contributed by atoms with Crippen molar-refractivity contribution in [2.75, 3.05) is 39.2 Å². The summed E-state index contributed by atoms with van der Waals surface area (Å²) >= 11 is 0. The summed E-state index contributed by atoms with van der Waals surface area (Å²) < 4.78 is 12.5. The minimum Gasteiger partial charge on any atom is -0.497 e. The standard InChI is InChI=1S/C23H31N5O4/c1-26-20-10-13-28(23(30)24-19-14-16(31-2)6-8-21(19)32-3)15-17(20)18(25-26)7-9-22(29)27-11-4-5-12-27/h6,8,14H,4-5,7,9-13,15H2,1-3H3,(H,24,30). The molecule has 9 heteroatoms. The van der Waals surface area contributed by atoms with Crippen molar-refractivity contribution in [2.24, 2.45) is 7.05 Å². The molecule has 0 spiro atoms. The van der Waals surface area contributed by atoms with Gasteiger partial charge in [0, 0.05) is 63.3 Å². The number of hydrogen-bond donors (Lipinski definition) is 1. The van der Waals surface area contributed by atoms with Crippen molar-refractivity contribution in [1.82, 2.24) is 19.6 Å². The molecule has 0 bridgehead atoms. The molecule has 0 radical (unpaired) electrons. The third-order valence-electron chi connectivity index (χ3n) is 6.30. The fourth-order valence-corrected chi connectivity index (χ4v) is 4.50. The van der Waals surface area contributed by atoms with Gasteiger partial charge in [0.05, 0.1) is 32.1 Å². The van der Waals surface area contributed by atoms with E-state index < -0.39 is 0 Å². The Bertz CT molecular complexity index is 997. The summed E-state index contributed by atoms with van der Waals surface area (Å²) in [6, 6.07) is 5.09. The maximum absolute atomic E-state index is 13.0. The molecule has 1 aromatic heterocycles. The number of ether oxygens (including phenoxy) is 2. The lowest BCUT2D eigenvalue weighted by Gasteiger charge is -2.28. The molecule has 2 aliphatic heterocycles. The van der Waals surface area contributed by atoms with Gasteiger partial charge in [-0.25, -0.2) is 4.79 Å². The number of urea groups is 1. The van der Waals surface area contributed by atoms with Gasteiger partial charge in [-0.15, -0.1) is 0 Å². The average molecular weight is 442 g/mol. The first-order valence-corrected chi connectivity index (χ1v) is 11.1. The Hall–Kier alpha value is -3.23. The van der Waals surface area contributed by atoms with Crippen molar-refractivity contribution < 1.29 is 19.1 Å². The van der Waals surface area contributed by atoms with Crippen molar-refractivity contribution >= 4 is 17.6 Å². The molecule has 1 saturated heterocycles. The van der Waals surface area contributed by atoms with Crippen LogP contribution in [-0.2, 0) is 31.2 Å². The molecule has 9 nitrogen and oxygen atoms in total. The third kappa shape index (κ3) is 4.51. The quantitative estimate of drug-likeness (QED) is 0.744. The maximum Gasteiger partial charge on any atom is 0.322 e. The average Bonchev–Trinajstić information content (AvgIpc) is 3.45. The van der Waals surface area contributed by atoms with E-state index in [0.717, 1.165) is 49.3 Å². The van der Waals surface area contributed by atoms with Gasteiger partial charge >= 0.3 is 6.03 Å². The van der Waals surface area contributed by atoms with Crippen molar-refractivity contribution in [3.8, 4) is 11.5 Å². The summed E-state index contributed by atoms with van der Waals surface area (Å²) in [5, 5.41) is 7.61. The number of amides is 3. The van der Waals surface area contributed by atoms with Gasteiger partial charge in [-0.05, 0) is 25.0 Å². The van der Waals surface area contributed by atoms with Gasteiger partial charge in [0.1, 0.15) is 11.5 Å². The van der Waals surface area contributed by atoms with Crippen LogP contribution >= 0.6 is 0 Å². The number of fused-ring (bicyclic) bond motifs is 1. The van der Waals surface area contributed by atoms with Crippen LogP contribution in [0.25, 0.3) is 0 Å². The Morgan fingerprint density at radius 2 is 1.88 bits per heavy atom. The van der Waals surface area contributed by atoms with E-state index >= 15 is 0 Å². The van der Waals surface area contributed by atoms with E-state index in [0.29, 0.717) is 43.1 Å². The molecular formula is C23H31N5O4. The number of aryl methyl sites for hydroxylation is 2. The smallest absolute Gasteiger partial charge is 0.322 e.